The Labute approximate surface area is 186 Å². The van der Waals surface area contributed by atoms with E-state index in [1.807, 2.05) is 36.9 Å². The minimum Gasteiger partial charge on any atom is -0.344 e. The molecular weight excluding hydrogens is 390 g/mol. The fraction of sp³-hybridized carbons (Fsp3) is 0.640. The molecule has 1 saturated heterocycles. The Balaban J connectivity index is 1.80. The molecule has 1 aromatic rings. The van der Waals surface area contributed by atoms with Crippen LogP contribution in [-0.4, -0.2) is 52.8 Å². The lowest BCUT2D eigenvalue weighted by Crippen LogP contribution is -2.54. The van der Waals surface area contributed by atoms with Crippen molar-refractivity contribution in [1.29, 1.82) is 0 Å². The molecule has 0 bridgehead atoms. The van der Waals surface area contributed by atoms with Crippen molar-refractivity contribution in [2.75, 3.05) is 13.2 Å². The summed E-state index contributed by atoms with van der Waals surface area (Å²) >= 11 is 0. The van der Waals surface area contributed by atoms with Gasteiger partial charge in [-0.05, 0) is 36.7 Å². The minimum absolute atomic E-state index is 0.0110. The van der Waals surface area contributed by atoms with E-state index >= 15 is 0 Å². The van der Waals surface area contributed by atoms with Gasteiger partial charge in [-0.3, -0.25) is 14.4 Å². The third-order valence-corrected chi connectivity index (χ3v) is 6.95. The number of rotatable bonds is 8. The zero-order chi connectivity index (χ0) is 22.4. The first-order valence-electron chi connectivity index (χ1n) is 11.8. The number of nitrogens with zero attached hydrogens (tertiary/aromatic N) is 2. The number of carbonyl (C=O) groups excluding carboxylic acids is 3. The van der Waals surface area contributed by atoms with Crippen molar-refractivity contribution in [2.45, 2.75) is 77.8 Å². The number of hydrogen-bond donors (Lipinski definition) is 1. The van der Waals surface area contributed by atoms with Crippen LogP contribution in [-0.2, 0) is 20.8 Å². The summed E-state index contributed by atoms with van der Waals surface area (Å²) in [4.78, 5) is 42.5. The van der Waals surface area contributed by atoms with E-state index in [0.29, 0.717) is 13.2 Å². The lowest BCUT2D eigenvalue weighted by atomic mass is 9.83. The van der Waals surface area contributed by atoms with Gasteiger partial charge in [0.1, 0.15) is 12.1 Å². The van der Waals surface area contributed by atoms with Gasteiger partial charge in [0.15, 0.2) is 0 Å². The van der Waals surface area contributed by atoms with E-state index in [0.717, 1.165) is 38.5 Å². The lowest BCUT2D eigenvalue weighted by molar-refractivity contribution is -0.141. The van der Waals surface area contributed by atoms with E-state index in [1.165, 1.54) is 18.9 Å². The van der Waals surface area contributed by atoms with Crippen molar-refractivity contribution in [1.82, 2.24) is 15.1 Å². The number of benzene rings is 1. The van der Waals surface area contributed by atoms with Gasteiger partial charge in [0.05, 0.1) is 6.67 Å². The van der Waals surface area contributed by atoms with Crippen LogP contribution in [0.25, 0.3) is 0 Å². The Morgan fingerprint density at radius 3 is 2.42 bits per heavy atom. The van der Waals surface area contributed by atoms with Crippen LogP contribution in [0.3, 0.4) is 0 Å². The highest BCUT2D eigenvalue weighted by Crippen LogP contribution is 2.34. The largest absolute Gasteiger partial charge is 0.344 e. The molecule has 6 nitrogen and oxygen atoms in total. The van der Waals surface area contributed by atoms with E-state index in [4.69, 9.17) is 0 Å². The molecule has 6 heteroatoms. The van der Waals surface area contributed by atoms with Crippen molar-refractivity contribution in [3.63, 3.8) is 0 Å². The summed E-state index contributed by atoms with van der Waals surface area (Å²) in [5, 5.41) is 2.86. The van der Waals surface area contributed by atoms with Gasteiger partial charge in [-0.1, -0.05) is 69.9 Å². The summed E-state index contributed by atoms with van der Waals surface area (Å²) in [6.45, 7) is 6.37. The molecule has 3 atom stereocenters. The quantitative estimate of drug-likeness (QED) is 0.692. The van der Waals surface area contributed by atoms with Gasteiger partial charge in [-0.2, -0.15) is 0 Å². The maximum atomic E-state index is 13.6. The summed E-state index contributed by atoms with van der Waals surface area (Å²) in [6, 6.07) is 9.15. The number of nitrogens with one attached hydrogen (secondary N) is 1. The standard InChI is InChI=1S/C25H37N3O3/c1-4-18(2)22(26-19(3)29)24(30)28-17-27(16-15-20-11-7-5-8-12-20)25(31)23(28)21-13-9-6-10-14-21/h5,7-8,11-12,18,21-23H,4,6,9-10,13-17H2,1-3H3,(H,26,29)/t18-,22+,23+/m0/s1. The molecule has 0 unspecified atom stereocenters. The Morgan fingerprint density at radius 1 is 1.13 bits per heavy atom. The highest BCUT2D eigenvalue weighted by molar-refractivity contribution is 5.94. The SMILES string of the molecule is CC[C@H](C)[C@@H](NC(C)=O)C(=O)N1CN(CCc2ccccc2)C(=O)[C@H]1C1CCCCC1. The first-order valence-corrected chi connectivity index (χ1v) is 11.8. The van der Waals surface area contributed by atoms with E-state index in [9.17, 15) is 14.4 Å². The van der Waals surface area contributed by atoms with Gasteiger partial charge in [-0.15, -0.1) is 0 Å². The molecule has 0 spiro atoms. The summed E-state index contributed by atoms with van der Waals surface area (Å²) in [7, 11) is 0. The molecule has 0 aromatic heterocycles. The molecule has 1 aromatic carbocycles. The second-order valence-electron chi connectivity index (χ2n) is 9.19. The van der Waals surface area contributed by atoms with Gasteiger partial charge in [0.2, 0.25) is 17.7 Å². The Hall–Kier alpha value is -2.37. The molecule has 2 aliphatic rings. The van der Waals surface area contributed by atoms with Crippen LogP contribution in [0.2, 0.25) is 0 Å². The molecule has 3 amide bonds. The fourth-order valence-electron chi connectivity index (χ4n) is 4.95. The smallest absolute Gasteiger partial charge is 0.247 e. The van der Waals surface area contributed by atoms with Gasteiger partial charge in [0, 0.05) is 13.5 Å². The molecular formula is C25H37N3O3. The Morgan fingerprint density at radius 2 is 1.81 bits per heavy atom. The number of amides is 3. The topological polar surface area (TPSA) is 69.7 Å². The Kier molecular flexibility index (Phi) is 8.10. The van der Waals surface area contributed by atoms with Gasteiger partial charge in [0.25, 0.3) is 0 Å². The predicted octanol–water partition coefficient (Wildman–Crippen LogP) is 3.36. The van der Waals surface area contributed by atoms with E-state index < -0.39 is 12.1 Å². The molecule has 1 saturated carbocycles. The molecule has 170 valence electrons. The predicted molar refractivity (Wildman–Crippen MR) is 121 cm³/mol. The summed E-state index contributed by atoms with van der Waals surface area (Å²) < 4.78 is 0. The van der Waals surface area contributed by atoms with E-state index in [-0.39, 0.29) is 29.6 Å². The summed E-state index contributed by atoms with van der Waals surface area (Å²) in [6.07, 6.45) is 6.95. The highest BCUT2D eigenvalue weighted by atomic mass is 16.2. The first kappa shape index (κ1) is 23.3. The molecule has 2 fully saturated rings. The third-order valence-electron chi connectivity index (χ3n) is 6.95. The first-order chi connectivity index (χ1) is 14.9. The second kappa shape index (κ2) is 10.8. The number of carbonyl (C=O) groups is 3. The van der Waals surface area contributed by atoms with Crippen LogP contribution < -0.4 is 5.32 Å². The van der Waals surface area contributed by atoms with Crippen molar-refractivity contribution >= 4 is 17.7 Å². The van der Waals surface area contributed by atoms with Gasteiger partial charge >= 0.3 is 0 Å². The molecule has 1 heterocycles. The molecule has 0 radical (unpaired) electrons. The fourth-order valence-corrected chi connectivity index (χ4v) is 4.95. The summed E-state index contributed by atoms with van der Waals surface area (Å²) in [5.74, 6) is -0.0318. The monoisotopic (exact) mass is 427 g/mol. The average molecular weight is 428 g/mol. The molecule has 1 aliphatic heterocycles. The number of hydrogen-bond acceptors (Lipinski definition) is 3. The van der Waals surface area contributed by atoms with Gasteiger partial charge in [-0.25, -0.2) is 0 Å². The maximum Gasteiger partial charge on any atom is 0.247 e. The lowest BCUT2D eigenvalue weighted by Gasteiger charge is -2.34. The molecule has 1 N–H and O–H groups in total. The van der Waals surface area contributed by atoms with Crippen molar-refractivity contribution in [3.05, 3.63) is 35.9 Å². The molecule has 3 rings (SSSR count). The van der Waals surface area contributed by atoms with E-state index in [2.05, 4.69) is 17.4 Å². The summed E-state index contributed by atoms with van der Waals surface area (Å²) in [5.41, 5.74) is 1.19. The zero-order valence-electron chi connectivity index (χ0n) is 19.2. The Bertz CT molecular complexity index is 761. The van der Waals surface area contributed by atoms with Crippen molar-refractivity contribution < 1.29 is 14.4 Å². The van der Waals surface area contributed by atoms with Crippen LogP contribution in [0.15, 0.2) is 30.3 Å². The van der Waals surface area contributed by atoms with Crippen molar-refractivity contribution in [3.8, 4) is 0 Å². The third kappa shape index (κ3) is 5.66. The second-order valence-corrected chi connectivity index (χ2v) is 9.19. The van der Waals surface area contributed by atoms with Gasteiger partial charge < -0.3 is 15.1 Å². The van der Waals surface area contributed by atoms with Crippen molar-refractivity contribution in [2.24, 2.45) is 11.8 Å². The van der Waals surface area contributed by atoms with Crippen LogP contribution >= 0.6 is 0 Å². The minimum atomic E-state index is -0.588. The highest BCUT2D eigenvalue weighted by Gasteiger charge is 2.47. The van der Waals surface area contributed by atoms with Crippen LogP contribution in [0.4, 0.5) is 0 Å². The van der Waals surface area contributed by atoms with Crippen LogP contribution in [0.1, 0.15) is 64.9 Å². The maximum absolute atomic E-state index is 13.6. The average Bonchev–Trinajstić information content (AvgIpc) is 3.12. The van der Waals surface area contributed by atoms with Crippen LogP contribution in [0, 0.1) is 11.8 Å². The zero-order valence-corrected chi connectivity index (χ0v) is 19.2. The van der Waals surface area contributed by atoms with E-state index in [1.54, 1.807) is 4.90 Å². The van der Waals surface area contributed by atoms with Crippen LogP contribution in [0.5, 0.6) is 0 Å². The normalized spacial score (nSPS) is 21.8. The molecule has 1 aliphatic carbocycles. The molecule has 31 heavy (non-hydrogen) atoms.